The Morgan fingerprint density at radius 2 is 1.73 bits per heavy atom. The van der Waals surface area contributed by atoms with Crippen LogP contribution in [0.5, 0.6) is 11.5 Å². The van der Waals surface area contributed by atoms with Crippen LogP contribution >= 0.6 is 11.3 Å². The third-order valence-corrected chi connectivity index (χ3v) is 6.26. The van der Waals surface area contributed by atoms with Crippen LogP contribution in [-0.2, 0) is 9.53 Å². The standard InChI is InChI=1S/C26H24N2O4S/c1-4-21(25(30)31-3)28-22-15-14-20(32-19-8-6-5-7-9-19)16-23(22)33-26(28)27-24(29)18-12-10-17(2)11-13-18/h5-16,21H,4H2,1-3H3. The fourth-order valence-corrected chi connectivity index (χ4v) is 4.63. The second-order valence-electron chi connectivity index (χ2n) is 7.53. The van der Waals surface area contributed by atoms with Crippen LogP contribution in [0.15, 0.2) is 77.8 Å². The Labute approximate surface area is 195 Å². The van der Waals surface area contributed by atoms with Crippen molar-refractivity contribution in [2.75, 3.05) is 7.11 Å². The minimum Gasteiger partial charge on any atom is -0.467 e. The van der Waals surface area contributed by atoms with E-state index in [0.29, 0.717) is 22.5 Å². The van der Waals surface area contributed by atoms with Gasteiger partial charge in [0.25, 0.3) is 5.91 Å². The van der Waals surface area contributed by atoms with Crippen molar-refractivity contribution in [2.24, 2.45) is 4.99 Å². The molecule has 1 heterocycles. The molecule has 0 aliphatic rings. The summed E-state index contributed by atoms with van der Waals surface area (Å²) in [5.74, 6) is 0.633. The van der Waals surface area contributed by atoms with Gasteiger partial charge in [0.2, 0.25) is 0 Å². The Morgan fingerprint density at radius 3 is 2.39 bits per heavy atom. The van der Waals surface area contributed by atoms with Gasteiger partial charge in [0, 0.05) is 11.6 Å². The largest absolute Gasteiger partial charge is 0.467 e. The third kappa shape index (κ3) is 4.88. The molecule has 0 radical (unpaired) electrons. The fourth-order valence-electron chi connectivity index (χ4n) is 3.53. The first kappa shape index (κ1) is 22.5. The van der Waals surface area contributed by atoms with Crippen LogP contribution in [0.25, 0.3) is 10.2 Å². The molecule has 33 heavy (non-hydrogen) atoms. The molecule has 0 aliphatic carbocycles. The van der Waals surface area contributed by atoms with E-state index < -0.39 is 6.04 Å². The maximum absolute atomic E-state index is 12.9. The SMILES string of the molecule is CCC(C(=O)OC)n1c(=NC(=O)c2ccc(C)cc2)sc2cc(Oc3ccccc3)ccc21. The summed E-state index contributed by atoms with van der Waals surface area (Å²) in [5, 5.41) is 0. The molecule has 0 spiro atoms. The summed E-state index contributed by atoms with van der Waals surface area (Å²) >= 11 is 1.33. The highest BCUT2D eigenvalue weighted by Gasteiger charge is 2.24. The predicted octanol–water partition coefficient (Wildman–Crippen LogP) is 5.67. The molecule has 3 aromatic carbocycles. The van der Waals surface area contributed by atoms with Gasteiger partial charge in [-0.2, -0.15) is 4.99 Å². The number of ether oxygens (including phenoxy) is 2. The van der Waals surface area contributed by atoms with Gasteiger partial charge in [-0.15, -0.1) is 0 Å². The van der Waals surface area contributed by atoms with Crippen molar-refractivity contribution in [2.45, 2.75) is 26.3 Å². The molecule has 1 amide bonds. The number of hydrogen-bond donors (Lipinski definition) is 0. The van der Waals surface area contributed by atoms with Gasteiger partial charge in [0.05, 0.1) is 17.3 Å². The lowest BCUT2D eigenvalue weighted by Gasteiger charge is -2.15. The van der Waals surface area contributed by atoms with Crippen LogP contribution in [-0.4, -0.2) is 23.6 Å². The van der Waals surface area contributed by atoms with E-state index in [9.17, 15) is 9.59 Å². The van der Waals surface area contributed by atoms with Crippen molar-refractivity contribution in [1.29, 1.82) is 0 Å². The van der Waals surface area contributed by atoms with Crippen LogP contribution in [0.4, 0.5) is 0 Å². The maximum Gasteiger partial charge on any atom is 0.328 e. The van der Waals surface area contributed by atoms with Gasteiger partial charge in [-0.05, 0) is 49.7 Å². The lowest BCUT2D eigenvalue weighted by atomic mass is 10.1. The molecule has 0 aliphatic heterocycles. The first-order valence-electron chi connectivity index (χ1n) is 10.6. The summed E-state index contributed by atoms with van der Waals surface area (Å²) in [5.41, 5.74) is 2.34. The molecule has 0 bridgehead atoms. The normalized spacial score (nSPS) is 12.5. The number of carbonyl (C=O) groups excluding carboxylic acids is 2. The number of aryl methyl sites for hydroxylation is 1. The van der Waals surface area contributed by atoms with Crippen LogP contribution < -0.4 is 9.54 Å². The fraction of sp³-hybridized carbons (Fsp3) is 0.192. The Morgan fingerprint density at radius 1 is 1.00 bits per heavy atom. The van der Waals surface area contributed by atoms with E-state index in [0.717, 1.165) is 21.5 Å². The molecule has 4 rings (SSSR count). The van der Waals surface area contributed by atoms with Gasteiger partial charge in [-0.1, -0.05) is 54.2 Å². The molecule has 0 N–H and O–H groups in total. The highest BCUT2D eigenvalue weighted by Crippen LogP contribution is 2.29. The van der Waals surface area contributed by atoms with Crippen molar-refractivity contribution < 1.29 is 19.1 Å². The third-order valence-electron chi connectivity index (χ3n) is 5.24. The zero-order valence-electron chi connectivity index (χ0n) is 18.6. The molecule has 1 aromatic heterocycles. The topological polar surface area (TPSA) is 69.9 Å². The van der Waals surface area contributed by atoms with Gasteiger partial charge >= 0.3 is 5.97 Å². The molecule has 0 saturated carbocycles. The summed E-state index contributed by atoms with van der Waals surface area (Å²) in [6.45, 7) is 3.86. The van der Waals surface area contributed by atoms with E-state index >= 15 is 0 Å². The average molecular weight is 461 g/mol. The molecule has 1 unspecified atom stereocenters. The maximum atomic E-state index is 12.9. The van der Waals surface area contributed by atoms with Gasteiger partial charge < -0.3 is 14.0 Å². The molecular weight excluding hydrogens is 436 g/mol. The lowest BCUT2D eigenvalue weighted by Crippen LogP contribution is -2.28. The number of rotatable bonds is 6. The molecule has 4 aromatic rings. The number of nitrogens with zero attached hydrogens (tertiary/aromatic N) is 2. The zero-order chi connectivity index (χ0) is 23.4. The van der Waals surface area contributed by atoms with E-state index in [1.165, 1.54) is 18.4 Å². The molecule has 7 heteroatoms. The second kappa shape index (κ2) is 9.83. The number of aromatic nitrogens is 1. The highest BCUT2D eigenvalue weighted by atomic mass is 32.1. The monoisotopic (exact) mass is 460 g/mol. The van der Waals surface area contributed by atoms with Crippen molar-refractivity contribution in [3.8, 4) is 11.5 Å². The van der Waals surface area contributed by atoms with Crippen molar-refractivity contribution in [3.63, 3.8) is 0 Å². The Bertz CT molecular complexity index is 1350. The number of esters is 1. The number of benzene rings is 3. The van der Waals surface area contributed by atoms with E-state index in [1.54, 1.807) is 16.7 Å². The van der Waals surface area contributed by atoms with Crippen LogP contribution in [0.3, 0.4) is 0 Å². The minimum absolute atomic E-state index is 0.365. The number of thiazole rings is 1. The molecule has 6 nitrogen and oxygen atoms in total. The number of methoxy groups -OCH3 is 1. The molecule has 0 fully saturated rings. The predicted molar refractivity (Wildman–Crippen MR) is 129 cm³/mol. The molecule has 0 saturated heterocycles. The van der Waals surface area contributed by atoms with Crippen molar-refractivity contribution >= 4 is 33.4 Å². The van der Waals surface area contributed by atoms with Crippen LogP contribution in [0.1, 0.15) is 35.3 Å². The van der Waals surface area contributed by atoms with Gasteiger partial charge in [0.1, 0.15) is 17.5 Å². The average Bonchev–Trinajstić information content (AvgIpc) is 3.17. The summed E-state index contributed by atoms with van der Waals surface area (Å²) in [6.07, 6.45) is 0.493. The number of amides is 1. The van der Waals surface area contributed by atoms with Crippen molar-refractivity contribution in [3.05, 3.63) is 88.7 Å². The number of para-hydroxylation sites is 1. The highest BCUT2D eigenvalue weighted by molar-refractivity contribution is 7.16. The van der Waals surface area contributed by atoms with Gasteiger partial charge in [-0.3, -0.25) is 4.79 Å². The van der Waals surface area contributed by atoms with Crippen LogP contribution in [0, 0.1) is 6.92 Å². The number of fused-ring (bicyclic) bond motifs is 1. The Kier molecular flexibility index (Phi) is 6.70. The minimum atomic E-state index is -0.603. The molecule has 1 atom stereocenters. The summed E-state index contributed by atoms with van der Waals surface area (Å²) in [4.78, 5) is 30.3. The smallest absolute Gasteiger partial charge is 0.328 e. The molecular formula is C26H24N2O4S. The lowest BCUT2D eigenvalue weighted by molar-refractivity contribution is -0.144. The summed E-state index contributed by atoms with van der Waals surface area (Å²) in [6, 6.07) is 21.8. The van der Waals surface area contributed by atoms with Crippen LogP contribution in [0.2, 0.25) is 0 Å². The first-order chi connectivity index (χ1) is 16.0. The second-order valence-corrected chi connectivity index (χ2v) is 8.54. The van der Waals surface area contributed by atoms with E-state index in [2.05, 4.69) is 4.99 Å². The Balaban J connectivity index is 1.84. The summed E-state index contributed by atoms with van der Waals surface area (Å²) < 4.78 is 13.6. The van der Waals surface area contributed by atoms with E-state index in [4.69, 9.17) is 9.47 Å². The van der Waals surface area contributed by atoms with Gasteiger partial charge in [-0.25, -0.2) is 4.79 Å². The summed E-state index contributed by atoms with van der Waals surface area (Å²) in [7, 11) is 1.36. The number of hydrogen-bond acceptors (Lipinski definition) is 5. The van der Waals surface area contributed by atoms with Crippen molar-refractivity contribution in [1.82, 2.24) is 4.57 Å². The first-order valence-corrected chi connectivity index (χ1v) is 11.4. The zero-order valence-corrected chi connectivity index (χ0v) is 19.5. The van der Waals surface area contributed by atoms with E-state index in [1.807, 2.05) is 74.5 Å². The van der Waals surface area contributed by atoms with Gasteiger partial charge in [0.15, 0.2) is 4.80 Å². The number of carbonyl (C=O) groups is 2. The Hall–Kier alpha value is -3.71. The van der Waals surface area contributed by atoms with E-state index in [-0.39, 0.29) is 11.9 Å². The quantitative estimate of drug-likeness (QED) is 0.348. The molecule has 168 valence electrons.